The summed E-state index contributed by atoms with van der Waals surface area (Å²) in [6.07, 6.45) is 1.59. The van der Waals surface area contributed by atoms with Gasteiger partial charge in [-0.3, -0.25) is 9.36 Å². The Bertz CT molecular complexity index is 535. The number of hydrogen-bond acceptors (Lipinski definition) is 5. The molecule has 7 heteroatoms. The highest BCUT2D eigenvalue weighted by Gasteiger charge is 2.19. The van der Waals surface area contributed by atoms with Gasteiger partial charge in [0.2, 0.25) is 5.91 Å². The van der Waals surface area contributed by atoms with Gasteiger partial charge in [0, 0.05) is 6.54 Å². The quantitative estimate of drug-likeness (QED) is 0.829. The summed E-state index contributed by atoms with van der Waals surface area (Å²) in [7, 11) is 0. The second-order valence-corrected chi connectivity index (χ2v) is 5.00. The van der Waals surface area contributed by atoms with E-state index in [1.54, 1.807) is 19.3 Å². The number of amides is 1. The van der Waals surface area contributed by atoms with Gasteiger partial charge >= 0.3 is 0 Å². The van der Waals surface area contributed by atoms with Crippen LogP contribution in [0.15, 0.2) is 28.0 Å². The highest BCUT2D eigenvalue weighted by molar-refractivity contribution is 8.00. The van der Waals surface area contributed by atoms with Gasteiger partial charge < -0.3 is 10.2 Å². The number of furan rings is 1. The van der Waals surface area contributed by atoms with E-state index < -0.39 is 0 Å². The zero-order valence-electron chi connectivity index (χ0n) is 10.2. The van der Waals surface area contributed by atoms with Crippen LogP contribution in [0.4, 0.5) is 0 Å². The fourth-order valence-corrected chi connectivity index (χ4v) is 2.33. The molecule has 0 unspecified atom stereocenters. The lowest BCUT2D eigenvalue weighted by Gasteiger charge is -2.08. The van der Waals surface area contributed by atoms with Crippen LogP contribution in [0.3, 0.4) is 0 Å². The summed E-state index contributed by atoms with van der Waals surface area (Å²) in [5.74, 6) is 0.940. The summed E-state index contributed by atoms with van der Waals surface area (Å²) in [5, 5.41) is 8.48. The van der Waals surface area contributed by atoms with E-state index in [0.717, 1.165) is 0 Å². The number of nitrogens with two attached hydrogens (primary N) is 1. The topological polar surface area (TPSA) is 86.9 Å². The van der Waals surface area contributed by atoms with E-state index in [2.05, 4.69) is 10.2 Å². The number of carbonyl (C=O) groups is 1. The Labute approximate surface area is 109 Å². The van der Waals surface area contributed by atoms with Crippen molar-refractivity contribution < 1.29 is 9.21 Å². The molecule has 1 amide bonds. The SMILES string of the molecule is CCn1c(S[C@H](C)C(N)=O)nnc1-c1ccco1. The predicted octanol–water partition coefficient (Wildman–Crippen LogP) is 1.52. The number of primary amides is 1. The molecule has 0 aliphatic carbocycles. The van der Waals surface area contributed by atoms with Gasteiger partial charge in [0.05, 0.1) is 11.5 Å². The normalized spacial score (nSPS) is 12.6. The van der Waals surface area contributed by atoms with E-state index in [4.69, 9.17) is 10.2 Å². The summed E-state index contributed by atoms with van der Waals surface area (Å²) in [6.45, 7) is 4.42. The highest BCUT2D eigenvalue weighted by atomic mass is 32.2. The van der Waals surface area contributed by atoms with Gasteiger partial charge in [0.25, 0.3) is 0 Å². The summed E-state index contributed by atoms with van der Waals surface area (Å²) in [4.78, 5) is 11.1. The molecular formula is C11H14N4O2S. The molecular weight excluding hydrogens is 252 g/mol. The molecule has 0 aliphatic rings. The van der Waals surface area contributed by atoms with Crippen LogP contribution in [0.5, 0.6) is 0 Å². The molecule has 2 aromatic heterocycles. The minimum Gasteiger partial charge on any atom is -0.461 e. The van der Waals surface area contributed by atoms with E-state index in [1.165, 1.54) is 11.8 Å². The minimum atomic E-state index is -0.370. The van der Waals surface area contributed by atoms with Crippen molar-refractivity contribution >= 4 is 17.7 Å². The van der Waals surface area contributed by atoms with Crippen molar-refractivity contribution in [1.29, 1.82) is 0 Å². The molecule has 2 N–H and O–H groups in total. The summed E-state index contributed by atoms with van der Waals surface area (Å²) in [5.41, 5.74) is 5.24. The van der Waals surface area contributed by atoms with Crippen LogP contribution in [-0.2, 0) is 11.3 Å². The second-order valence-electron chi connectivity index (χ2n) is 3.69. The lowest BCUT2D eigenvalue weighted by molar-refractivity contribution is -0.117. The first-order chi connectivity index (χ1) is 8.63. The average molecular weight is 266 g/mol. The first kappa shape index (κ1) is 12.7. The lowest BCUT2D eigenvalue weighted by Crippen LogP contribution is -2.23. The Balaban J connectivity index is 2.30. The number of aromatic nitrogens is 3. The van der Waals surface area contributed by atoms with Gasteiger partial charge in [-0.1, -0.05) is 11.8 Å². The maximum atomic E-state index is 11.1. The molecule has 6 nitrogen and oxygen atoms in total. The van der Waals surface area contributed by atoms with E-state index in [9.17, 15) is 4.79 Å². The van der Waals surface area contributed by atoms with Crippen molar-refractivity contribution in [3.63, 3.8) is 0 Å². The number of rotatable bonds is 5. The molecule has 0 bridgehead atoms. The van der Waals surface area contributed by atoms with Gasteiger partial charge in [0.1, 0.15) is 0 Å². The average Bonchev–Trinajstić information content (AvgIpc) is 2.96. The monoisotopic (exact) mass is 266 g/mol. The van der Waals surface area contributed by atoms with E-state index in [1.807, 2.05) is 17.6 Å². The van der Waals surface area contributed by atoms with Crippen molar-refractivity contribution in [3.05, 3.63) is 18.4 Å². The number of carbonyl (C=O) groups excluding carboxylic acids is 1. The first-order valence-electron chi connectivity index (χ1n) is 5.56. The summed E-state index contributed by atoms with van der Waals surface area (Å²) >= 11 is 1.29. The molecule has 18 heavy (non-hydrogen) atoms. The fraction of sp³-hybridized carbons (Fsp3) is 0.364. The van der Waals surface area contributed by atoms with Crippen LogP contribution in [0.1, 0.15) is 13.8 Å². The van der Waals surface area contributed by atoms with E-state index in [0.29, 0.717) is 23.3 Å². The van der Waals surface area contributed by atoms with Gasteiger partial charge in [-0.15, -0.1) is 10.2 Å². The lowest BCUT2D eigenvalue weighted by atomic mass is 10.4. The summed E-state index contributed by atoms with van der Waals surface area (Å²) in [6, 6.07) is 3.62. The smallest absolute Gasteiger partial charge is 0.230 e. The zero-order chi connectivity index (χ0) is 13.1. The molecule has 0 saturated heterocycles. The maximum absolute atomic E-state index is 11.1. The van der Waals surface area contributed by atoms with E-state index >= 15 is 0 Å². The van der Waals surface area contributed by atoms with Gasteiger partial charge in [-0.25, -0.2) is 0 Å². The fourth-order valence-electron chi connectivity index (χ4n) is 1.47. The minimum absolute atomic E-state index is 0.344. The second kappa shape index (κ2) is 5.26. The Hall–Kier alpha value is -1.76. The molecule has 0 saturated carbocycles. The number of hydrogen-bond donors (Lipinski definition) is 1. The molecule has 0 spiro atoms. The van der Waals surface area contributed by atoms with Gasteiger partial charge in [0.15, 0.2) is 16.7 Å². The largest absolute Gasteiger partial charge is 0.461 e. The van der Waals surface area contributed by atoms with Crippen LogP contribution in [0.2, 0.25) is 0 Å². The molecule has 2 heterocycles. The third-order valence-electron chi connectivity index (χ3n) is 2.46. The van der Waals surface area contributed by atoms with Crippen LogP contribution in [0.25, 0.3) is 11.6 Å². The van der Waals surface area contributed by atoms with Gasteiger partial charge in [-0.2, -0.15) is 0 Å². The predicted molar refractivity (Wildman–Crippen MR) is 67.9 cm³/mol. The van der Waals surface area contributed by atoms with Crippen LogP contribution in [-0.4, -0.2) is 25.9 Å². The Morgan fingerprint density at radius 1 is 1.61 bits per heavy atom. The van der Waals surface area contributed by atoms with Crippen molar-refractivity contribution in [2.45, 2.75) is 30.8 Å². The molecule has 1 atom stereocenters. The summed E-state index contributed by atoms with van der Waals surface area (Å²) < 4.78 is 7.20. The Morgan fingerprint density at radius 3 is 2.94 bits per heavy atom. The molecule has 2 aromatic rings. The van der Waals surface area contributed by atoms with Gasteiger partial charge in [-0.05, 0) is 26.0 Å². The van der Waals surface area contributed by atoms with Crippen LogP contribution in [0, 0.1) is 0 Å². The molecule has 0 aliphatic heterocycles. The van der Waals surface area contributed by atoms with Crippen molar-refractivity contribution in [3.8, 4) is 11.6 Å². The van der Waals surface area contributed by atoms with Crippen LogP contribution < -0.4 is 5.73 Å². The molecule has 0 fully saturated rings. The van der Waals surface area contributed by atoms with Crippen molar-refractivity contribution in [1.82, 2.24) is 14.8 Å². The molecule has 96 valence electrons. The molecule has 0 radical (unpaired) electrons. The maximum Gasteiger partial charge on any atom is 0.230 e. The Morgan fingerprint density at radius 2 is 2.39 bits per heavy atom. The van der Waals surface area contributed by atoms with Crippen molar-refractivity contribution in [2.24, 2.45) is 5.73 Å². The third-order valence-corrected chi connectivity index (χ3v) is 3.56. The third kappa shape index (κ3) is 2.40. The first-order valence-corrected chi connectivity index (χ1v) is 6.44. The number of nitrogens with zero attached hydrogens (tertiary/aromatic N) is 3. The van der Waals surface area contributed by atoms with E-state index in [-0.39, 0.29) is 11.2 Å². The standard InChI is InChI=1S/C11H14N4O2S/c1-3-15-10(8-5-4-6-17-8)13-14-11(15)18-7(2)9(12)16/h4-7H,3H2,1-2H3,(H2,12,16)/t7-/m1/s1. The zero-order valence-corrected chi connectivity index (χ0v) is 11.0. The highest BCUT2D eigenvalue weighted by Crippen LogP contribution is 2.26. The Kier molecular flexibility index (Phi) is 3.71. The molecule has 2 rings (SSSR count). The number of thioether (sulfide) groups is 1. The molecule has 0 aromatic carbocycles. The van der Waals surface area contributed by atoms with Crippen molar-refractivity contribution in [2.75, 3.05) is 0 Å². The van der Waals surface area contributed by atoms with Crippen LogP contribution >= 0.6 is 11.8 Å².